The molecule has 1 N–H and O–H groups in total. The second-order valence-corrected chi connectivity index (χ2v) is 4.54. The summed E-state index contributed by atoms with van der Waals surface area (Å²) in [4.78, 5) is 28.4. The number of piperidine rings is 1. The van der Waals surface area contributed by atoms with Crippen LogP contribution in [0.5, 0.6) is 0 Å². The molecule has 102 valence electrons. The van der Waals surface area contributed by atoms with E-state index in [-0.39, 0.29) is 23.6 Å². The number of hydrogen-bond acceptors (Lipinski definition) is 5. The van der Waals surface area contributed by atoms with Gasteiger partial charge in [0.1, 0.15) is 5.69 Å². The van der Waals surface area contributed by atoms with Crippen LogP contribution < -0.4 is 5.32 Å². The number of esters is 1. The molecule has 2 atom stereocenters. The summed E-state index contributed by atoms with van der Waals surface area (Å²) in [5, 5.41) is 3.16. The van der Waals surface area contributed by atoms with E-state index in [0.717, 1.165) is 6.54 Å². The third-order valence-corrected chi connectivity index (χ3v) is 3.33. The van der Waals surface area contributed by atoms with Crippen molar-refractivity contribution in [2.45, 2.75) is 13.3 Å². The van der Waals surface area contributed by atoms with Crippen LogP contribution in [0.15, 0.2) is 24.4 Å². The zero-order valence-electron chi connectivity index (χ0n) is 11.0. The Morgan fingerprint density at radius 3 is 2.95 bits per heavy atom. The molecule has 5 nitrogen and oxygen atoms in total. The molecule has 1 aromatic rings. The van der Waals surface area contributed by atoms with E-state index in [1.54, 1.807) is 31.3 Å². The fourth-order valence-electron chi connectivity index (χ4n) is 2.36. The Labute approximate surface area is 112 Å². The first-order valence-electron chi connectivity index (χ1n) is 6.56. The van der Waals surface area contributed by atoms with E-state index in [2.05, 4.69) is 10.3 Å². The number of aromatic nitrogens is 1. The fraction of sp³-hybridized carbons (Fsp3) is 0.500. The van der Waals surface area contributed by atoms with Gasteiger partial charge in [-0.2, -0.15) is 0 Å². The minimum atomic E-state index is -0.386. The van der Waals surface area contributed by atoms with Gasteiger partial charge in [0.2, 0.25) is 0 Å². The van der Waals surface area contributed by atoms with Crippen molar-refractivity contribution in [1.82, 2.24) is 10.3 Å². The highest BCUT2D eigenvalue weighted by atomic mass is 16.5. The van der Waals surface area contributed by atoms with Crippen molar-refractivity contribution in [1.29, 1.82) is 0 Å². The lowest BCUT2D eigenvalue weighted by molar-refractivity contribution is -0.150. The van der Waals surface area contributed by atoms with E-state index >= 15 is 0 Å². The first-order valence-corrected chi connectivity index (χ1v) is 6.56. The Hall–Kier alpha value is -1.75. The summed E-state index contributed by atoms with van der Waals surface area (Å²) in [6.45, 7) is 3.34. The largest absolute Gasteiger partial charge is 0.466 e. The second-order valence-electron chi connectivity index (χ2n) is 4.54. The lowest BCUT2D eigenvalue weighted by atomic mass is 9.82. The molecule has 0 radical (unpaired) electrons. The van der Waals surface area contributed by atoms with Gasteiger partial charge in [-0.3, -0.25) is 14.6 Å². The molecule has 1 saturated heterocycles. The molecule has 2 rings (SSSR count). The summed E-state index contributed by atoms with van der Waals surface area (Å²) in [5.41, 5.74) is 0.408. The molecule has 2 heterocycles. The monoisotopic (exact) mass is 262 g/mol. The first kappa shape index (κ1) is 13.7. The van der Waals surface area contributed by atoms with Crippen LogP contribution in [0.25, 0.3) is 0 Å². The molecule has 5 heteroatoms. The number of hydrogen-bond donors (Lipinski definition) is 1. The average molecular weight is 262 g/mol. The summed E-state index contributed by atoms with van der Waals surface area (Å²) >= 11 is 0. The molecule has 0 spiro atoms. The Morgan fingerprint density at radius 1 is 1.42 bits per heavy atom. The van der Waals surface area contributed by atoms with Crippen molar-refractivity contribution < 1.29 is 14.3 Å². The molecule has 0 bridgehead atoms. The lowest BCUT2D eigenvalue weighted by Gasteiger charge is -2.29. The first-order chi connectivity index (χ1) is 9.24. The Bertz CT molecular complexity index is 447. The minimum absolute atomic E-state index is 0.0918. The molecule has 0 saturated carbocycles. The average Bonchev–Trinajstić information content (AvgIpc) is 2.47. The normalized spacial score (nSPS) is 22.8. The number of ketones is 1. The molecule has 0 aromatic carbocycles. The molecule has 2 unspecified atom stereocenters. The van der Waals surface area contributed by atoms with Gasteiger partial charge in [0, 0.05) is 18.7 Å². The summed E-state index contributed by atoms with van der Waals surface area (Å²) in [6.07, 6.45) is 2.21. The van der Waals surface area contributed by atoms with Gasteiger partial charge in [-0.15, -0.1) is 0 Å². The summed E-state index contributed by atoms with van der Waals surface area (Å²) in [6, 6.07) is 5.22. The van der Waals surface area contributed by atoms with Crippen LogP contribution in [0.4, 0.5) is 0 Å². The van der Waals surface area contributed by atoms with E-state index in [9.17, 15) is 9.59 Å². The molecule has 0 amide bonds. The van der Waals surface area contributed by atoms with E-state index in [1.165, 1.54) is 0 Å². The van der Waals surface area contributed by atoms with Crippen LogP contribution in [0, 0.1) is 11.8 Å². The lowest BCUT2D eigenvalue weighted by Crippen LogP contribution is -2.44. The van der Waals surface area contributed by atoms with Crippen molar-refractivity contribution in [3.63, 3.8) is 0 Å². The van der Waals surface area contributed by atoms with Gasteiger partial charge in [-0.25, -0.2) is 0 Å². The Morgan fingerprint density at radius 2 is 2.26 bits per heavy atom. The van der Waals surface area contributed by atoms with Gasteiger partial charge in [0.25, 0.3) is 0 Å². The summed E-state index contributed by atoms with van der Waals surface area (Å²) in [5.74, 6) is -1.12. The molecule has 1 aliphatic heterocycles. The fourth-order valence-corrected chi connectivity index (χ4v) is 2.36. The van der Waals surface area contributed by atoms with Crippen molar-refractivity contribution in [2.24, 2.45) is 11.8 Å². The molecule has 0 aliphatic carbocycles. The predicted molar refractivity (Wildman–Crippen MR) is 69.7 cm³/mol. The molecule has 1 aromatic heterocycles. The maximum absolute atomic E-state index is 12.4. The standard InChI is InChI=1S/C14H18N2O3/c1-2-19-14(18)10-6-8-15-9-11(10)13(17)12-5-3-4-7-16-12/h3-5,7,10-11,15H,2,6,8-9H2,1H3. The zero-order valence-corrected chi connectivity index (χ0v) is 11.0. The minimum Gasteiger partial charge on any atom is -0.466 e. The number of rotatable bonds is 4. The Balaban J connectivity index is 2.15. The van der Waals surface area contributed by atoms with Crippen molar-refractivity contribution >= 4 is 11.8 Å². The SMILES string of the molecule is CCOC(=O)C1CCNCC1C(=O)c1ccccn1. The van der Waals surface area contributed by atoms with Gasteiger partial charge in [0.05, 0.1) is 12.5 Å². The third kappa shape index (κ3) is 3.17. The van der Waals surface area contributed by atoms with Crippen LogP contribution in [-0.2, 0) is 9.53 Å². The number of carbonyl (C=O) groups is 2. The van der Waals surface area contributed by atoms with E-state index in [0.29, 0.717) is 25.3 Å². The third-order valence-electron chi connectivity index (χ3n) is 3.33. The van der Waals surface area contributed by atoms with Gasteiger partial charge < -0.3 is 10.1 Å². The van der Waals surface area contributed by atoms with E-state index in [1.807, 2.05) is 0 Å². The maximum atomic E-state index is 12.4. The number of nitrogens with zero attached hydrogens (tertiary/aromatic N) is 1. The van der Waals surface area contributed by atoms with Crippen molar-refractivity contribution in [2.75, 3.05) is 19.7 Å². The second kappa shape index (κ2) is 6.43. The van der Waals surface area contributed by atoms with E-state index < -0.39 is 0 Å². The van der Waals surface area contributed by atoms with Crippen molar-refractivity contribution in [3.8, 4) is 0 Å². The highest BCUT2D eigenvalue weighted by molar-refractivity contribution is 5.98. The highest BCUT2D eigenvalue weighted by Gasteiger charge is 2.37. The van der Waals surface area contributed by atoms with Crippen molar-refractivity contribution in [3.05, 3.63) is 30.1 Å². The number of ether oxygens (including phenoxy) is 1. The predicted octanol–water partition coefficient (Wildman–Crippen LogP) is 1.05. The Kier molecular flexibility index (Phi) is 4.63. The van der Waals surface area contributed by atoms with Crippen LogP contribution in [-0.4, -0.2) is 36.4 Å². The number of nitrogens with one attached hydrogen (secondary N) is 1. The number of carbonyl (C=O) groups excluding carboxylic acids is 2. The zero-order chi connectivity index (χ0) is 13.7. The van der Waals surface area contributed by atoms with Gasteiger partial charge in [-0.1, -0.05) is 6.07 Å². The molecular weight excluding hydrogens is 244 g/mol. The summed E-state index contributed by atoms with van der Waals surface area (Å²) in [7, 11) is 0. The number of pyridine rings is 1. The van der Waals surface area contributed by atoms with Crippen LogP contribution in [0.1, 0.15) is 23.8 Å². The smallest absolute Gasteiger partial charge is 0.309 e. The molecule has 1 fully saturated rings. The maximum Gasteiger partial charge on any atom is 0.309 e. The van der Waals surface area contributed by atoms with Crippen LogP contribution in [0.2, 0.25) is 0 Å². The van der Waals surface area contributed by atoms with Gasteiger partial charge >= 0.3 is 5.97 Å². The topological polar surface area (TPSA) is 68.3 Å². The molecule has 19 heavy (non-hydrogen) atoms. The van der Waals surface area contributed by atoms with Crippen LogP contribution >= 0.6 is 0 Å². The highest BCUT2D eigenvalue weighted by Crippen LogP contribution is 2.24. The summed E-state index contributed by atoms with van der Waals surface area (Å²) < 4.78 is 5.06. The quantitative estimate of drug-likeness (QED) is 0.649. The van der Waals surface area contributed by atoms with Crippen LogP contribution in [0.3, 0.4) is 0 Å². The van der Waals surface area contributed by atoms with E-state index in [4.69, 9.17) is 4.74 Å². The molecule has 1 aliphatic rings. The van der Waals surface area contributed by atoms with Gasteiger partial charge in [-0.05, 0) is 32.0 Å². The van der Waals surface area contributed by atoms with Gasteiger partial charge in [0.15, 0.2) is 5.78 Å². The molecular formula is C14H18N2O3. The number of Topliss-reactive ketones (excluding diaryl/α,β-unsaturated/α-hetero) is 1.